The van der Waals surface area contributed by atoms with Crippen LogP contribution in [-0.4, -0.2) is 18.1 Å². The second-order valence-electron chi connectivity index (χ2n) is 5.87. The summed E-state index contributed by atoms with van der Waals surface area (Å²) < 4.78 is 5.59. The Hall–Kier alpha value is -1.35. The first kappa shape index (κ1) is 15.0. The fourth-order valence-electron chi connectivity index (χ4n) is 2.78. The summed E-state index contributed by atoms with van der Waals surface area (Å²) in [6, 6.07) is 9.60. The Labute approximate surface area is 121 Å². The highest BCUT2D eigenvalue weighted by molar-refractivity contribution is 5.75. The van der Waals surface area contributed by atoms with E-state index in [-0.39, 0.29) is 12.1 Å². The molecule has 3 heteroatoms. The number of hydrogen-bond donors (Lipinski definition) is 1. The van der Waals surface area contributed by atoms with Crippen LogP contribution in [0.15, 0.2) is 30.3 Å². The lowest BCUT2D eigenvalue weighted by Gasteiger charge is -2.29. The Morgan fingerprint density at radius 2 is 2.00 bits per heavy atom. The molecule has 2 N–H and O–H groups in total. The van der Waals surface area contributed by atoms with Gasteiger partial charge in [-0.05, 0) is 43.6 Å². The fraction of sp³-hybridized carbons (Fsp3) is 0.588. The lowest BCUT2D eigenvalue weighted by molar-refractivity contribution is -0.155. The molecular formula is C17H25NO2. The Morgan fingerprint density at radius 3 is 2.70 bits per heavy atom. The second-order valence-corrected chi connectivity index (χ2v) is 5.87. The number of ether oxygens (including phenoxy) is 1. The molecule has 1 aromatic carbocycles. The van der Waals surface area contributed by atoms with Crippen LogP contribution >= 0.6 is 0 Å². The third-order valence-electron chi connectivity index (χ3n) is 4.19. The highest BCUT2D eigenvalue weighted by atomic mass is 16.5. The van der Waals surface area contributed by atoms with Gasteiger partial charge in [0, 0.05) is 0 Å². The zero-order valence-corrected chi connectivity index (χ0v) is 12.3. The van der Waals surface area contributed by atoms with E-state index < -0.39 is 6.04 Å². The lowest BCUT2D eigenvalue weighted by atomic mass is 9.88. The largest absolute Gasteiger partial charge is 0.461 e. The number of carbonyl (C=O) groups is 1. The number of benzene rings is 1. The van der Waals surface area contributed by atoms with Gasteiger partial charge in [0.15, 0.2) is 0 Å². The van der Waals surface area contributed by atoms with E-state index in [0.29, 0.717) is 12.3 Å². The zero-order chi connectivity index (χ0) is 14.4. The van der Waals surface area contributed by atoms with Gasteiger partial charge in [-0.2, -0.15) is 0 Å². The van der Waals surface area contributed by atoms with Crippen molar-refractivity contribution >= 4 is 5.97 Å². The van der Waals surface area contributed by atoms with Crippen LogP contribution in [0.25, 0.3) is 0 Å². The Kier molecular flexibility index (Phi) is 5.60. The molecule has 0 spiro atoms. The molecule has 20 heavy (non-hydrogen) atoms. The normalized spacial score (nSPS) is 24.1. The summed E-state index contributed by atoms with van der Waals surface area (Å²) in [6.07, 6.45) is 6.06. The molecular weight excluding hydrogens is 250 g/mol. The van der Waals surface area contributed by atoms with E-state index in [4.69, 9.17) is 10.5 Å². The van der Waals surface area contributed by atoms with Crippen LogP contribution in [0.1, 0.15) is 44.6 Å². The van der Waals surface area contributed by atoms with Crippen molar-refractivity contribution in [3.8, 4) is 0 Å². The molecule has 1 aliphatic rings. The van der Waals surface area contributed by atoms with Gasteiger partial charge in [-0.25, -0.2) is 0 Å². The number of hydrogen-bond acceptors (Lipinski definition) is 3. The number of esters is 1. The molecule has 1 fully saturated rings. The summed E-state index contributed by atoms with van der Waals surface area (Å²) >= 11 is 0. The molecule has 0 amide bonds. The number of carbonyl (C=O) groups excluding carboxylic acids is 1. The molecule has 1 saturated carbocycles. The average molecular weight is 275 g/mol. The first-order valence-electron chi connectivity index (χ1n) is 7.67. The molecule has 0 saturated heterocycles. The van der Waals surface area contributed by atoms with Crippen molar-refractivity contribution < 1.29 is 9.53 Å². The van der Waals surface area contributed by atoms with E-state index in [2.05, 4.69) is 19.1 Å². The minimum Gasteiger partial charge on any atom is -0.461 e. The van der Waals surface area contributed by atoms with Crippen molar-refractivity contribution in [2.75, 3.05) is 0 Å². The Morgan fingerprint density at radius 1 is 1.30 bits per heavy atom. The molecule has 2 rings (SSSR count). The van der Waals surface area contributed by atoms with Gasteiger partial charge < -0.3 is 10.5 Å². The molecule has 2 unspecified atom stereocenters. The molecule has 0 aliphatic heterocycles. The van der Waals surface area contributed by atoms with Crippen molar-refractivity contribution in [1.82, 2.24) is 0 Å². The standard InChI is InChI=1S/C17H25NO2/c1-13-7-5-6-10-16(13)20-17(19)15(18)12-11-14-8-3-2-4-9-14/h2-4,8-9,13,15-16H,5-7,10-12,18H2,1H3/t13?,15-,16?/m0/s1. The van der Waals surface area contributed by atoms with Crippen molar-refractivity contribution in [3.05, 3.63) is 35.9 Å². The van der Waals surface area contributed by atoms with Gasteiger partial charge in [-0.1, -0.05) is 43.7 Å². The number of aryl methyl sites for hydroxylation is 1. The van der Waals surface area contributed by atoms with Gasteiger partial charge in [-0.3, -0.25) is 4.79 Å². The predicted octanol–water partition coefficient (Wildman–Crippen LogP) is 3.07. The Balaban J connectivity index is 1.77. The summed E-state index contributed by atoms with van der Waals surface area (Å²) in [5.74, 6) is 0.230. The summed E-state index contributed by atoms with van der Waals surface area (Å²) in [5, 5.41) is 0. The van der Waals surface area contributed by atoms with Crippen molar-refractivity contribution in [3.63, 3.8) is 0 Å². The Bertz CT molecular complexity index is 418. The van der Waals surface area contributed by atoms with Crippen molar-refractivity contribution in [2.45, 2.75) is 57.6 Å². The van der Waals surface area contributed by atoms with Crippen LogP contribution in [0.2, 0.25) is 0 Å². The minimum atomic E-state index is -0.510. The van der Waals surface area contributed by atoms with Gasteiger partial charge >= 0.3 is 5.97 Å². The summed E-state index contributed by atoms with van der Waals surface area (Å²) in [5.41, 5.74) is 7.16. The number of nitrogens with two attached hydrogens (primary N) is 1. The van der Waals surface area contributed by atoms with Gasteiger partial charge in [0.1, 0.15) is 12.1 Å². The first-order valence-corrected chi connectivity index (χ1v) is 7.67. The molecule has 0 aromatic heterocycles. The summed E-state index contributed by atoms with van der Waals surface area (Å²) in [6.45, 7) is 2.16. The van der Waals surface area contributed by atoms with Crippen LogP contribution in [0, 0.1) is 5.92 Å². The highest BCUT2D eigenvalue weighted by Gasteiger charge is 2.26. The van der Waals surface area contributed by atoms with E-state index in [1.165, 1.54) is 12.0 Å². The molecule has 1 aliphatic carbocycles. The zero-order valence-electron chi connectivity index (χ0n) is 12.3. The van der Waals surface area contributed by atoms with Gasteiger partial charge in [-0.15, -0.1) is 0 Å². The smallest absolute Gasteiger partial charge is 0.323 e. The minimum absolute atomic E-state index is 0.0685. The topological polar surface area (TPSA) is 52.3 Å². The van der Waals surface area contributed by atoms with Crippen LogP contribution < -0.4 is 5.73 Å². The van der Waals surface area contributed by atoms with Gasteiger partial charge in [0.25, 0.3) is 0 Å². The maximum Gasteiger partial charge on any atom is 0.323 e. The number of rotatable bonds is 5. The molecule has 110 valence electrons. The maximum absolute atomic E-state index is 12.0. The van der Waals surface area contributed by atoms with E-state index in [0.717, 1.165) is 25.7 Å². The summed E-state index contributed by atoms with van der Waals surface area (Å²) in [7, 11) is 0. The molecule has 0 heterocycles. The maximum atomic E-state index is 12.0. The first-order chi connectivity index (χ1) is 9.66. The van der Waals surface area contributed by atoms with Crippen LogP contribution in [0.4, 0.5) is 0 Å². The highest BCUT2D eigenvalue weighted by Crippen LogP contribution is 2.26. The lowest BCUT2D eigenvalue weighted by Crippen LogP contribution is -2.38. The van der Waals surface area contributed by atoms with E-state index in [1.807, 2.05) is 18.2 Å². The fourth-order valence-corrected chi connectivity index (χ4v) is 2.78. The van der Waals surface area contributed by atoms with Gasteiger partial charge in [0.05, 0.1) is 0 Å². The van der Waals surface area contributed by atoms with E-state index in [1.54, 1.807) is 0 Å². The monoisotopic (exact) mass is 275 g/mol. The van der Waals surface area contributed by atoms with Crippen LogP contribution in [-0.2, 0) is 16.0 Å². The van der Waals surface area contributed by atoms with Crippen molar-refractivity contribution in [1.29, 1.82) is 0 Å². The van der Waals surface area contributed by atoms with E-state index >= 15 is 0 Å². The molecule has 0 bridgehead atoms. The predicted molar refractivity (Wildman–Crippen MR) is 80.3 cm³/mol. The third-order valence-corrected chi connectivity index (χ3v) is 4.19. The van der Waals surface area contributed by atoms with Crippen LogP contribution in [0.3, 0.4) is 0 Å². The molecule has 0 radical (unpaired) electrons. The second kappa shape index (κ2) is 7.44. The molecule has 1 aromatic rings. The molecule has 3 atom stereocenters. The quantitative estimate of drug-likeness (QED) is 0.840. The average Bonchev–Trinajstić information content (AvgIpc) is 2.48. The van der Waals surface area contributed by atoms with E-state index in [9.17, 15) is 4.79 Å². The summed E-state index contributed by atoms with van der Waals surface area (Å²) in [4.78, 5) is 12.0. The van der Waals surface area contributed by atoms with Gasteiger partial charge in [0.2, 0.25) is 0 Å². The van der Waals surface area contributed by atoms with Crippen molar-refractivity contribution in [2.24, 2.45) is 11.7 Å². The molecule has 3 nitrogen and oxygen atoms in total. The van der Waals surface area contributed by atoms with Crippen LogP contribution in [0.5, 0.6) is 0 Å². The third kappa shape index (κ3) is 4.34. The SMILES string of the molecule is CC1CCCCC1OC(=O)[C@@H](N)CCc1ccccc1.